The van der Waals surface area contributed by atoms with Crippen molar-refractivity contribution in [3.05, 3.63) is 34.9 Å². The van der Waals surface area contributed by atoms with Crippen LogP contribution in [0.1, 0.15) is 30.0 Å². The third kappa shape index (κ3) is 3.10. The standard InChI is InChI=1S/C14H18ClN5O/c1-10-5-16-18-14(10)11-3-2-4-19(7-11)13(21)9-20-8-12(15)6-17-20/h5-6,8,11H,2-4,7,9H2,1H3,(H,16,18)/t11-/m1/s1. The highest BCUT2D eigenvalue weighted by atomic mass is 35.5. The molecule has 0 bridgehead atoms. The molecule has 2 aromatic rings. The Labute approximate surface area is 128 Å². The smallest absolute Gasteiger partial charge is 0.244 e. The van der Waals surface area contributed by atoms with E-state index in [9.17, 15) is 4.79 Å². The molecule has 112 valence electrons. The van der Waals surface area contributed by atoms with E-state index in [2.05, 4.69) is 15.3 Å². The monoisotopic (exact) mass is 307 g/mol. The molecule has 1 saturated heterocycles. The van der Waals surface area contributed by atoms with Gasteiger partial charge in [0.2, 0.25) is 5.91 Å². The summed E-state index contributed by atoms with van der Waals surface area (Å²) in [7, 11) is 0. The Hall–Kier alpha value is -1.82. The first-order chi connectivity index (χ1) is 10.1. The lowest BCUT2D eigenvalue weighted by molar-refractivity contribution is -0.133. The minimum atomic E-state index is 0.0802. The van der Waals surface area contributed by atoms with Crippen LogP contribution in [-0.2, 0) is 11.3 Å². The van der Waals surface area contributed by atoms with E-state index in [1.165, 1.54) is 0 Å². The Balaban J connectivity index is 1.65. The number of amides is 1. The molecule has 6 nitrogen and oxygen atoms in total. The first-order valence-corrected chi connectivity index (χ1v) is 7.47. The van der Waals surface area contributed by atoms with Crippen LogP contribution >= 0.6 is 11.6 Å². The Morgan fingerprint density at radius 2 is 2.38 bits per heavy atom. The van der Waals surface area contributed by atoms with Gasteiger partial charge in [0.25, 0.3) is 0 Å². The minimum absolute atomic E-state index is 0.0802. The summed E-state index contributed by atoms with van der Waals surface area (Å²) in [6.07, 6.45) is 7.14. The molecule has 2 aromatic heterocycles. The number of rotatable bonds is 3. The third-order valence-corrected chi connectivity index (χ3v) is 4.14. The predicted molar refractivity (Wildman–Crippen MR) is 79.1 cm³/mol. The number of H-pyrrole nitrogens is 1. The maximum atomic E-state index is 12.4. The third-order valence-electron chi connectivity index (χ3n) is 3.95. The number of carbonyl (C=O) groups excluding carboxylic acids is 1. The van der Waals surface area contributed by atoms with E-state index in [0.717, 1.165) is 37.2 Å². The van der Waals surface area contributed by atoms with Crippen LogP contribution in [0.2, 0.25) is 5.02 Å². The van der Waals surface area contributed by atoms with Crippen LogP contribution in [0.5, 0.6) is 0 Å². The first kappa shape index (κ1) is 14.1. The van der Waals surface area contributed by atoms with Crippen LogP contribution in [0.4, 0.5) is 0 Å². The van der Waals surface area contributed by atoms with Crippen molar-refractivity contribution in [3.8, 4) is 0 Å². The molecule has 0 saturated carbocycles. The Bertz CT molecular complexity index is 635. The molecule has 0 spiro atoms. The second-order valence-corrected chi connectivity index (χ2v) is 5.94. The number of hydrogen-bond donors (Lipinski definition) is 1. The number of piperidine rings is 1. The molecule has 1 aliphatic heterocycles. The second kappa shape index (κ2) is 5.89. The van der Waals surface area contributed by atoms with Gasteiger partial charge in [-0.15, -0.1) is 0 Å². The lowest BCUT2D eigenvalue weighted by Crippen LogP contribution is -2.41. The topological polar surface area (TPSA) is 66.8 Å². The Kier molecular flexibility index (Phi) is 3.96. The SMILES string of the molecule is Cc1cn[nH]c1[C@@H]1CCCN(C(=O)Cn2cc(Cl)cn2)C1. The quantitative estimate of drug-likeness (QED) is 0.943. The molecule has 21 heavy (non-hydrogen) atoms. The summed E-state index contributed by atoms with van der Waals surface area (Å²) in [5, 5.41) is 11.7. The maximum Gasteiger partial charge on any atom is 0.244 e. The molecule has 0 aliphatic carbocycles. The van der Waals surface area contributed by atoms with Crippen molar-refractivity contribution in [2.75, 3.05) is 13.1 Å². The van der Waals surface area contributed by atoms with Crippen LogP contribution in [0, 0.1) is 6.92 Å². The van der Waals surface area contributed by atoms with Gasteiger partial charge in [-0.05, 0) is 25.3 Å². The van der Waals surface area contributed by atoms with Crippen LogP contribution in [0.15, 0.2) is 18.6 Å². The predicted octanol–water partition coefficient (Wildman–Crippen LogP) is 1.97. The molecule has 1 atom stereocenters. The molecule has 3 heterocycles. The summed E-state index contributed by atoms with van der Waals surface area (Å²) in [5.74, 6) is 0.419. The van der Waals surface area contributed by atoms with E-state index in [-0.39, 0.29) is 12.5 Å². The second-order valence-electron chi connectivity index (χ2n) is 5.50. The number of carbonyl (C=O) groups is 1. The van der Waals surface area contributed by atoms with E-state index in [0.29, 0.717) is 10.9 Å². The largest absolute Gasteiger partial charge is 0.340 e. The number of aromatic nitrogens is 4. The van der Waals surface area contributed by atoms with E-state index in [4.69, 9.17) is 11.6 Å². The highest BCUT2D eigenvalue weighted by Crippen LogP contribution is 2.27. The van der Waals surface area contributed by atoms with Gasteiger partial charge in [-0.2, -0.15) is 10.2 Å². The molecule has 1 fully saturated rings. The highest BCUT2D eigenvalue weighted by Gasteiger charge is 2.26. The summed E-state index contributed by atoms with van der Waals surface area (Å²) >= 11 is 5.82. The average molecular weight is 308 g/mol. The van der Waals surface area contributed by atoms with Gasteiger partial charge < -0.3 is 4.90 Å². The van der Waals surface area contributed by atoms with Gasteiger partial charge in [-0.3, -0.25) is 14.6 Å². The maximum absolute atomic E-state index is 12.4. The van der Waals surface area contributed by atoms with Crippen molar-refractivity contribution in [2.24, 2.45) is 0 Å². The molecule has 0 unspecified atom stereocenters. The van der Waals surface area contributed by atoms with Crippen molar-refractivity contribution in [1.29, 1.82) is 0 Å². The van der Waals surface area contributed by atoms with E-state index in [1.54, 1.807) is 17.1 Å². The van der Waals surface area contributed by atoms with Crippen molar-refractivity contribution >= 4 is 17.5 Å². The van der Waals surface area contributed by atoms with Gasteiger partial charge in [0.15, 0.2) is 0 Å². The van der Waals surface area contributed by atoms with Crippen LogP contribution < -0.4 is 0 Å². The zero-order chi connectivity index (χ0) is 14.8. The molecule has 0 aromatic carbocycles. The van der Waals surface area contributed by atoms with Gasteiger partial charge in [0, 0.05) is 30.9 Å². The summed E-state index contributed by atoms with van der Waals surface area (Å²) < 4.78 is 1.58. The number of likely N-dealkylation sites (tertiary alicyclic amines) is 1. The molecule has 0 radical (unpaired) electrons. The summed E-state index contributed by atoms with van der Waals surface area (Å²) in [6, 6.07) is 0. The molecule has 3 rings (SSSR count). The summed E-state index contributed by atoms with van der Waals surface area (Å²) in [6.45, 7) is 3.82. The zero-order valence-corrected chi connectivity index (χ0v) is 12.7. The number of aromatic amines is 1. The Morgan fingerprint density at radius 1 is 1.52 bits per heavy atom. The van der Waals surface area contributed by atoms with Gasteiger partial charge in [-0.25, -0.2) is 0 Å². The van der Waals surface area contributed by atoms with Crippen molar-refractivity contribution in [1.82, 2.24) is 24.9 Å². The van der Waals surface area contributed by atoms with E-state index < -0.39 is 0 Å². The van der Waals surface area contributed by atoms with Crippen LogP contribution in [0.25, 0.3) is 0 Å². The van der Waals surface area contributed by atoms with Gasteiger partial charge >= 0.3 is 0 Å². The van der Waals surface area contributed by atoms with Crippen LogP contribution in [0.3, 0.4) is 0 Å². The normalized spacial score (nSPS) is 19.0. The van der Waals surface area contributed by atoms with E-state index >= 15 is 0 Å². The number of aryl methyl sites for hydroxylation is 1. The number of nitrogens with zero attached hydrogens (tertiary/aromatic N) is 4. The first-order valence-electron chi connectivity index (χ1n) is 7.09. The molecular weight excluding hydrogens is 290 g/mol. The summed E-state index contributed by atoms with van der Waals surface area (Å²) in [5.41, 5.74) is 2.31. The fraction of sp³-hybridized carbons (Fsp3) is 0.500. The van der Waals surface area contributed by atoms with Crippen LogP contribution in [-0.4, -0.2) is 43.9 Å². The van der Waals surface area contributed by atoms with Crippen molar-refractivity contribution in [2.45, 2.75) is 32.2 Å². The lowest BCUT2D eigenvalue weighted by Gasteiger charge is -2.32. The average Bonchev–Trinajstić information content (AvgIpc) is 3.07. The van der Waals surface area contributed by atoms with Gasteiger partial charge in [0.1, 0.15) is 6.54 Å². The highest BCUT2D eigenvalue weighted by molar-refractivity contribution is 6.30. The molecule has 1 N–H and O–H groups in total. The minimum Gasteiger partial charge on any atom is -0.340 e. The molecule has 1 amide bonds. The van der Waals surface area contributed by atoms with Gasteiger partial charge in [0.05, 0.1) is 17.4 Å². The zero-order valence-electron chi connectivity index (χ0n) is 11.9. The molecular formula is C14H18ClN5O. The number of hydrogen-bond acceptors (Lipinski definition) is 3. The van der Waals surface area contributed by atoms with E-state index in [1.807, 2.05) is 18.0 Å². The molecule has 1 aliphatic rings. The van der Waals surface area contributed by atoms with Crippen molar-refractivity contribution < 1.29 is 4.79 Å². The fourth-order valence-corrected chi connectivity index (χ4v) is 3.03. The fourth-order valence-electron chi connectivity index (χ4n) is 2.87. The molecule has 7 heteroatoms. The number of nitrogens with one attached hydrogen (secondary N) is 1. The number of halogens is 1. The summed E-state index contributed by atoms with van der Waals surface area (Å²) in [4.78, 5) is 14.3. The Morgan fingerprint density at radius 3 is 3.05 bits per heavy atom. The van der Waals surface area contributed by atoms with Crippen molar-refractivity contribution in [3.63, 3.8) is 0 Å². The van der Waals surface area contributed by atoms with Gasteiger partial charge in [-0.1, -0.05) is 11.6 Å². The lowest BCUT2D eigenvalue weighted by atomic mass is 9.93.